The fourth-order valence-corrected chi connectivity index (χ4v) is 3.39. The summed E-state index contributed by atoms with van der Waals surface area (Å²) in [6.07, 6.45) is 7.79. The molecule has 21 heavy (non-hydrogen) atoms. The van der Waals surface area contributed by atoms with Crippen molar-refractivity contribution in [3.8, 4) is 11.3 Å². The lowest BCUT2D eigenvalue weighted by Crippen LogP contribution is -2.06. The molecule has 1 aliphatic rings. The van der Waals surface area contributed by atoms with Crippen LogP contribution in [0, 0.1) is 11.6 Å². The van der Waals surface area contributed by atoms with Crippen molar-refractivity contribution in [3.63, 3.8) is 0 Å². The number of hydrogen-bond acceptors (Lipinski definition) is 2. The SMILES string of the molecule is Cc1c(-c2ccccc2)[nH]c(C2CCCCCC2)nc1=S. The van der Waals surface area contributed by atoms with Crippen molar-refractivity contribution < 1.29 is 0 Å². The lowest BCUT2D eigenvalue weighted by atomic mass is 9.98. The molecule has 2 nitrogen and oxygen atoms in total. The Morgan fingerprint density at radius 3 is 2.38 bits per heavy atom. The zero-order valence-corrected chi connectivity index (χ0v) is 13.4. The average molecular weight is 298 g/mol. The number of benzene rings is 1. The van der Waals surface area contributed by atoms with Crippen LogP contribution in [0.4, 0.5) is 0 Å². The van der Waals surface area contributed by atoms with Crippen molar-refractivity contribution in [1.82, 2.24) is 9.97 Å². The highest BCUT2D eigenvalue weighted by atomic mass is 32.1. The van der Waals surface area contributed by atoms with E-state index in [2.05, 4.69) is 41.2 Å². The van der Waals surface area contributed by atoms with Crippen LogP contribution < -0.4 is 0 Å². The molecule has 1 fully saturated rings. The number of aromatic amines is 1. The molecule has 110 valence electrons. The maximum Gasteiger partial charge on any atom is 0.133 e. The van der Waals surface area contributed by atoms with Crippen molar-refractivity contribution in [3.05, 3.63) is 46.4 Å². The number of nitrogens with zero attached hydrogens (tertiary/aromatic N) is 1. The van der Waals surface area contributed by atoms with Crippen LogP contribution in [-0.2, 0) is 0 Å². The van der Waals surface area contributed by atoms with Crippen LogP contribution in [0.5, 0.6) is 0 Å². The summed E-state index contributed by atoms with van der Waals surface area (Å²) in [4.78, 5) is 8.27. The topological polar surface area (TPSA) is 28.7 Å². The third-order valence-electron chi connectivity index (χ3n) is 4.48. The summed E-state index contributed by atoms with van der Waals surface area (Å²) >= 11 is 5.50. The van der Waals surface area contributed by atoms with Gasteiger partial charge in [-0.2, -0.15) is 0 Å². The highest BCUT2D eigenvalue weighted by Gasteiger charge is 2.18. The molecule has 3 rings (SSSR count). The van der Waals surface area contributed by atoms with E-state index in [0.29, 0.717) is 5.92 Å². The lowest BCUT2D eigenvalue weighted by Gasteiger charge is -2.16. The first-order valence-electron chi connectivity index (χ1n) is 7.92. The second-order valence-corrected chi connectivity index (χ2v) is 6.37. The van der Waals surface area contributed by atoms with Gasteiger partial charge in [0.25, 0.3) is 0 Å². The van der Waals surface area contributed by atoms with E-state index in [1.54, 1.807) is 0 Å². The van der Waals surface area contributed by atoms with E-state index in [-0.39, 0.29) is 0 Å². The summed E-state index contributed by atoms with van der Waals surface area (Å²) in [6.45, 7) is 2.06. The van der Waals surface area contributed by atoms with Gasteiger partial charge in [0.2, 0.25) is 0 Å². The predicted molar refractivity (Wildman–Crippen MR) is 90.0 cm³/mol. The molecular weight excluding hydrogens is 276 g/mol. The van der Waals surface area contributed by atoms with E-state index < -0.39 is 0 Å². The highest BCUT2D eigenvalue weighted by Crippen LogP contribution is 2.31. The Kier molecular flexibility index (Phi) is 4.49. The number of rotatable bonds is 2. The first-order valence-corrected chi connectivity index (χ1v) is 8.33. The Labute approximate surface area is 131 Å². The molecule has 0 spiro atoms. The minimum atomic E-state index is 0.539. The minimum Gasteiger partial charge on any atom is -0.343 e. The number of nitrogens with one attached hydrogen (secondary N) is 1. The Hall–Kier alpha value is -1.48. The van der Waals surface area contributed by atoms with Crippen LogP contribution in [0.1, 0.15) is 55.8 Å². The van der Waals surface area contributed by atoms with Crippen LogP contribution >= 0.6 is 12.2 Å². The molecule has 0 unspecified atom stereocenters. The normalized spacial score (nSPS) is 16.6. The Bertz CT molecular complexity index is 653. The summed E-state index contributed by atoms with van der Waals surface area (Å²) in [5, 5.41) is 0. The van der Waals surface area contributed by atoms with Crippen molar-refractivity contribution in [1.29, 1.82) is 0 Å². The van der Waals surface area contributed by atoms with Gasteiger partial charge in [-0.1, -0.05) is 68.2 Å². The average Bonchev–Trinajstić information content (AvgIpc) is 2.80. The van der Waals surface area contributed by atoms with Crippen molar-refractivity contribution in [2.45, 2.75) is 51.4 Å². The molecule has 0 radical (unpaired) electrons. The summed E-state index contributed by atoms with van der Waals surface area (Å²) in [6, 6.07) is 10.4. The van der Waals surface area contributed by atoms with E-state index in [1.807, 2.05) is 6.07 Å². The summed E-state index contributed by atoms with van der Waals surface area (Å²) in [5.74, 6) is 1.63. The van der Waals surface area contributed by atoms with Crippen LogP contribution in [0.15, 0.2) is 30.3 Å². The number of H-pyrrole nitrogens is 1. The maximum atomic E-state index is 5.50. The standard InChI is InChI=1S/C18H22N2S/c1-13-16(14-9-7-4-8-10-14)19-17(20-18(13)21)15-11-5-2-3-6-12-15/h4,7-10,15H,2-3,5-6,11-12H2,1H3,(H,19,20,21). The quantitative estimate of drug-likeness (QED) is 0.581. The molecule has 0 saturated heterocycles. The van der Waals surface area contributed by atoms with E-state index in [0.717, 1.165) is 21.7 Å². The molecule has 2 aromatic rings. The van der Waals surface area contributed by atoms with E-state index in [1.165, 1.54) is 44.1 Å². The van der Waals surface area contributed by atoms with E-state index >= 15 is 0 Å². The third kappa shape index (κ3) is 3.24. The molecule has 1 aromatic heterocycles. The lowest BCUT2D eigenvalue weighted by molar-refractivity contribution is 0.559. The second kappa shape index (κ2) is 6.52. The van der Waals surface area contributed by atoms with E-state index in [9.17, 15) is 0 Å². The van der Waals surface area contributed by atoms with Gasteiger partial charge in [0.1, 0.15) is 10.5 Å². The van der Waals surface area contributed by atoms with Gasteiger partial charge in [-0.25, -0.2) is 4.98 Å². The zero-order valence-electron chi connectivity index (χ0n) is 12.6. The summed E-state index contributed by atoms with van der Waals surface area (Å²) in [7, 11) is 0. The third-order valence-corrected chi connectivity index (χ3v) is 4.87. The van der Waals surface area contributed by atoms with Crippen molar-refractivity contribution >= 4 is 12.2 Å². The monoisotopic (exact) mass is 298 g/mol. The van der Waals surface area contributed by atoms with Gasteiger partial charge < -0.3 is 4.98 Å². The first kappa shape index (κ1) is 14.5. The molecular formula is C18H22N2S. The summed E-state index contributed by atoms with van der Waals surface area (Å²) < 4.78 is 0.742. The second-order valence-electron chi connectivity index (χ2n) is 5.98. The van der Waals surface area contributed by atoms with Gasteiger partial charge in [-0.05, 0) is 25.3 Å². The Morgan fingerprint density at radius 1 is 1.05 bits per heavy atom. The Balaban J connectivity index is 2.03. The molecule has 1 saturated carbocycles. The van der Waals surface area contributed by atoms with Gasteiger partial charge in [0.15, 0.2) is 0 Å². The molecule has 0 atom stereocenters. The van der Waals surface area contributed by atoms with Crippen LogP contribution in [0.3, 0.4) is 0 Å². The largest absolute Gasteiger partial charge is 0.343 e. The Morgan fingerprint density at radius 2 is 1.71 bits per heavy atom. The van der Waals surface area contributed by atoms with Gasteiger partial charge in [-0.3, -0.25) is 0 Å². The predicted octanol–water partition coefficient (Wildman–Crippen LogP) is 5.55. The molecule has 1 heterocycles. The van der Waals surface area contributed by atoms with Crippen molar-refractivity contribution in [2.24, 2.45) is 0 Å². The van der Waals surface area contributed by atoms with Gasteiger partial charge in [0.05, 0.1) is 5.69 Å². The highest BCUT2D eigenvalue weighted by molar-refractivity contribution is 7.71. The minimum absolute atomic E-state index is 0.539. The molecule has 0 amide bonds. The first-order chi connectivity index (χ1) is 10.3. The molecule has 3 heteroatoms. The molecule has 1 aliphatic carbocycles. The van der Waals surface area contributed by atoms with Gasteiger partial charge in [0, 0.05) is 11.5 Å². The molecule has 1 N–H and O–H groups in total. The smallest absolute Gasteiger partial charge is 0.133 e. The number of hydrogen-bond donors (Lipinski definition) is 1. The zero-order chi connectivity index (χ0) is 14.7. The van der Waals surface area contributed by atoms with Gasteiger partial charge >= 0.3 is 0 Å². The summed E-state index contributed by atoms with van der Waals surface area (Å²) in [5.41, 5.74) is 3.40. The fraction of sp³-hybridized carbons (Fsp3) is 0.444. The van der Waals surface area contributed by atoms with Crippen LogP contribution in [-0.4, -0.2) is 9.97 Å². The van der Waals surface area contributed by atoms with Crippen LogP contribution in [0.25, 0.3) is 11.3 Å². The molecule has 0 aliphatic heterocycles. The molecule has 1 aromatic carbocycles. The van der Waals surface area contributed by atoms with Crippen molar-refractivity contribution in [2.75, 3.05) is 0 Å². The maximum absolute atomic E-state index is 5.50. The molecule has 0 bridgehead atoms. The van der Waals surface area contributed by atoms with Gasteiger partial charge in [-0.15, -0.1) is 0 Å². The van der Waals surface area contributed by atoms with Crippen LogP contribution in [0.2, 0.25) is 0 Å². The van der Waals surface area contributed by atoms with E-state index in [4.69, 9.17) is 12.2 Å². The fourth-order valence-electron chi connectivity index (χ4n) is 3.19. The number of aromatic nitrogens is 2.